The van der Waals surface area contributed by atoms with Gasteiger partial charge in [0.1, 0.15) is 6.07 Å². The first kappa shape index (κ1) is 18.2. The molecular formula is C21H27N5O. The lowest BCUT2D eigenvalue weighted by Gasteiger charge is -2.41. The molecule has 2 fully saturated rings. The van der Waals surface area contributed by atoms with Crippen LogP contribution < -0.4 is 10.2 Å². The highest BCUT2D eigenvalue weighted by atomic mass is 16.5. The van der Waals surface area contributed by atoms with E-state index >= 15 is 0 Å². The number of hydrogen-bond acceptors (Lipinski definition) is 6. The number of nitriles is 1. The van der Waals surface area contributed by atoms with Crippen LogP contribution in [0.5, 0.6) is 0 Å². The van der Waals surface area contributed by atoms with Gasteiger partial charge in [0, 0.05) is 62.6 Å². The molecule has 2 aliphatic rings. The molecule has 1 N–H and O–H groups in total. The van der Waals surface area contributed by atoms with Crippen molar-refractivity contribution in [3.8, 4) is 6.07 Å². The number of aromatic nitrogens is 1. The molecule has 0 radical (unpaired) electrons. The number of morpholine rings is 1. The van der Waals surface area contributed by atoms with Crippen molar-refractivity contribution in [3.05, 3.63) is 36.0 Å². The van der Waals surface area contributed by atoms with Crippen LogP contribution in [0.25, 0.3) is 10.9 Å². The number of pyridine rings is 1. The number of rotatable bonds is 3. The highest BCUT2D eigenvalue weighted by Gasteiger charge is 2.29. The zero-order valence-electron chi connectivity index (χ0n) is 16.1. The number of anilines is 1. The average Bonchev–Trinajstić information content (AvgIpc) is 2.66. The number of piperazine rings is 1. The van der Waals surface area contributed by atoms with Crippen molar-refractivity contribution in [2.24, 2.45) is 0 Å². The second kappa shape index (κ2) is 7.81. The van der Waals surface area contributed by atoms with Gasteiger partial charge in [0.15, 0.2) is 0 Å². The molecule has 0 amide bonds. The normalized spacial score (nSPS) is 26.9. The topological polar surface area (TPSA) is 64.4 Å². The first-order valence-electron chi connectivity index (χ1n) is 9.78. The second-order valence-corrected chi connectivity index (χ2v) is 7.73. The Kier molecular flexibility index (Phi) is 5.26. The van der Waals surface area contributed by atoms with E-state index in [-0.39, 0.29) is 12.2 Å². The Balaban J connectivity index is 1.57. The lowest BCUT2D eigenvalue weighted by molar-refractivity contribution is -0.0349. The van der Waals surface area contributed by atoms with Crippen LogP contribution in [0.4, 0.5) is 5.69 Å². The van der Waals surface area contributed by atoms with Crippen molar-refractivity contribution in [1.82, 2.24) is 15.2 Å². The Morgan fingerprint density at radius 3 is 2.96 bits per heavy atom. The van der Waals surface area contributed by atoms with E-state index < -0.39 is 0 Å². The van der Waals surface area contributed by atoms with E-state index in [2.05, 4.69) is 52.2 Å². The number of hydrogen-bond donors (Lipinski definition) is 1. The summed E-state index contributed by atoms with van der Waals surface area (Å²) in [5.74, 6) is 0. The van der Waals surface area contributed by atoms with E-state index in [1.165, 1.54) is 0 Å². The number of nitrogens with one attached hydrogen (secondary N) is 1. The summed E-state index contributed by atoms with van der Waals surface area (Å²) in [7, 11) is 0. The molecule has 0 unspecified atom stereocenters. The molecule has 142 valence electrons. The molecule has 2 saturated heterocycles. The van der Waals surface area contributed by atoms with E-state index in [4.69, 9.17) is 4.74 Å². The van der Waals surface area contributed by atoms with Crippen LogP contribution in [0.1, 0.15) is 19.4 Å². The van der Waals surface area contributed by atoms with Gasteiger partial charge in [0.25, 0.3) is 0 Å². The summed E-state index contributed by atoms with van der Waals surface area (Å²) in [6.07, 6.45) is 2.11. The molecule has 2 aromatic rings. The number of nitrogens with zero attached hydrogens (tertiary/aromatic N) is 4. The summed E-state index contributed by atoms with van der Waals surface area (Å²) in [6.45, 7) is 10.2. The maximum absolute atomic E-state index is 9.39. The Hall–Kier alpha value is -2.20. The molecule has 0 spiro atoms. The van der Waals surface area contributed by atoms with Crippen molar-refractivity contribution in [2.45, 2.75) is 32.1 Å². The quantitative estimate of drug-likeness (QED) is 0.898. The lowest BCUT2D eigenvalue weighted by Crippen LogP contribution is -2.55. The highest BCUT2D eigenvalue weighted by molar-refractivity contribution is 5.95. The standard InChI is InChI=1S/C21H27N5O/c1-15-11-25(9-8-23-15)13-18-14-26(12-16(2)27-18)20-6-5-17(10-22)21-19(20)4-3-7-24-21/h3-7,15-16,18,23H,8-9,11-14H2,1-2H3/t15-,16-,18-/m1/s1. The molecule has 3 atom stereocenters. The zero-order chi connectivity index (χ0) is 18.8. The first-order chi connectivity index (χ1) is 13.1. The van der Waals surface area contributed by atoms with Gasteiger partial charge in [-0.2, -0.15) is 5.26 Å². The van der Waals surface area contributed by atoms with Crippen LogP contribution in [0.15, 0.2) is 30.5 Å². The molecule has 27 heavy (non-hydrogen) atoms. The predicted molar refractivity (Wildman–Crippen MR) is 107 cm³/mol. The fourth-order valence-corrected chi connectivity index (χ4v) is 4.33. The zero-order valence-corrected chi connectivity index (χ0v) is 16.1. The number of ether oxygens (including phenoxy) is 1. The third kappa shape index (κ3) is 3.91. The lowest BCUT2D eigenvalue weighted by atomic mass is 10.1. The van der Waals surface area contributed by atoms with Gasteiger partial charge < -0.3 is 15.0 Å². The van der Waals surface area contributed by atoms with Gasteiger partial charge in [-0.15, -0.1) is 0 Å². The Labute approximate surface area is 160 Å². The molecule has 2 aliphatic heterocycles. The van der Waals surface area contributed by atoms with Crippen molar-refractivity contribution in [3.63, 3.8) is 0 Å². The third-order valence-corrected chi connectivity index (χ3v) is 5.45. The Morgan fingerprint density at radius 2 is 2.15 bits per heavy atom. The van der Waals surface area contributed by atoms with Crippen LogP contribution in [0.3, 0.4) is 0 Å². The predicted octanol–water partition coefficient (Wildman–Crippen LogP) is 1.99. The first-order valence-corrected chi connectivity index (χ1v) is 9.78. The van der Waals surface area contributed by atoms with E-state index in [0.29, 0.717) is 11.6 Å². The van der Waals surface area contributed by atoms with Gasteiger partial charge in [-0.25, -0.2) is 0 Å². The summed E-state index contributed by atoms with van der Waals surface area (Å²) in [5.41, 5.74) is 2.55. The van der Waals surface area contributed by atoms with Crippen LogP contribution in [0.2, 0.25) is 0 Å². The van der Waals surface area contributed by atoms with Crippen molar-refractivity contribution in [2.75, 3.05) is 44.2 Å². The van der Waals surface area contributed by atoms with Gasteiger partial charge in [-0.1, -0.05) is 0 Å². The molecule has 6 nitrogen and oxygen atoms in total. The maximum Gasteiger partial charge on any atom is 0.101 e. The molecule has 0 bridgehead atoms. The Bertz CT molecular complexity index is 848. The molecule has 0 aliphatic carbocycles. The minimum absolute atomic E-state index is 0.173. The highest BCUT2D eigenvalue weighted by Crippen LogP contribution is 2.30. The number of fused-ring (bicyclic) bond motifs is 1. The van der Waals surface area contributed by atoms with E-state index in [9.17, 15) is 5.26 Å². The fraction of sp³-hybridized carbons (Fsp3) is 0.524. The molecular weight excluding hydrogens is 338 g/mol. The smallest absolute Gasteiger partial charge is 0.101 e. The van der Waals surface area contributed by atoms with Gasteiger partial charge in [-0.05, 0) is 38.1 Å². The van der Waals surface area contributed by atoms with E-state index in [0.717, 1.165) is 55.9 Å². The van der Waals surface area contributed by atoms with Crippen LogP contribution in [-0.4, -0.2) is 67.4 Å². The number of benzene rings is 1. The molecule has 1 aromatic heterocycles. The summed E-state index contributed by atoms with van der Waals surface area (Å²) in [6, 6.07) is 10.7. The molecule has 1 aromatic carbocycles. The SMILES string of the molecule is C[C@@H]1CN(C[C@@H]2CN(c3ccc(C#N)c4ncccc34)C[C@@H](C)O2)CCN1. The fourth-order valence-electron chi connectivity index (χ4n) is 4.33. The summed E-state index contributed by atoms with van der Waals surface area (Å²) >= 11 is 0. The minimum Gasteiger partial charge on any atom is -0.370 e. The molecule has 0 saturated carbocycles. The van der Waals surface area contributed by atoms with Gasteiger partial charge >= 0.3 is 0 Å². The molecule has 6 heteroatoms. The maximum atomic E-state index is 9.39. The molecule has 3 heterocycles. The van der Waals surface area contributed by atoms with Crippen molar-refractivity contribution in [1.29, 1.82) is 5.26 Å². The molecule has 4 rings (SSSR count). The summed E-state index contributed by atoms with van der Waals surface area (Å²) in [5, 5.41) is 13.9. The van der Waals surface area contributed by atoms with Crippen molar-refractivity contribution >= 4 is 16.6 Å². The third-order valence-electron chi connectivity index (χ3n) is 5.45. The largest absolute Gasteiger partial charge is 0.370 e. The Morgan fingerprint density at radius 1 is 1.26 bits per heavy atom. The van der Waals surface area contributed by atoms with Crippen molar-refractivity contribution < 1.29 is 4.74 Å². The van der Waals surface area contributed by atoms with Crippen LogP contribution in [-0.2, 0) is 4.74 Å². The summed E-state index contributed by atoms with van der Waals surface area (Å²) in [4.78, 5) is 9.35. The van der Waals surface area contributed by atoms with Crippen LogP contribution >= 0.6 is 0 Å². The van der Waals surface area contributed by atoms with Gasteiger partial charge in [0.2, 0.25) is 0 Å². The van der Waals surface area contributed by atoms with Crippen LogP contribution in [0, 0.1) is 11.3 Å². The summed E-state index contributed by atoms with van der Waals surface area (Å²) < 4.78 is 6.26. The minimum atomic E-state index is 0.173. The second-order valence-electron chi connectivity index (χ2n) is 7.73. The van der Waals surface area contributed by atoms with Gasteiger partial charge in [-0.3, -0.25) is 9.88 Å². The average molecular weight is 365 g/mol. The monoisotopic (exact) mass is 365 g/mol. The van der Waals surface area contributed by atoms with E-state index in [1.54, 1.807) is 6.20 Å². The van der Waals surface area contributed by atoms with Gasteiger partial charge in [0.05, 0.1) is 23.3 Å². The van der Waals surface area contributed by atoms with E-state index in [1.807, 2.05) is 12.1 Å².